The van der Waals surface area contributed by atoms with E-state index in [1.54, 1.807) is 17.9 Å². The molecule has 2 heteroatoms. The van der Waals surface area contributed by atoms with E-state index >= 15 is 0 Å². The highest BCUT2D eigenvalue weighted by molar-refractivity contribution is 5.92. The van der Waals surface area contributed by atoms with Crippen molar-refractivity contribution in [1.82, 2.24) is 0 Å². The fourth-order valence-corrected chi connectivity index (χ4v) is 1.87. The molecule has 17 heavy (non-hydrogen) atoms. The Hall–Kier alpha value is -1.57. The third-order valence-electron chi connectivity index (χ3n) is 2.69. The Bertz CT molecular complexity index is 415. The zero-order valence-electron chi connectivity index (χ0n) is 11.2. The molecule has 0 N–H and O–H groups in total. The van der Waals surface area contributed by atoms with Gasteiger partial charge in [0.15, 0.2) is 0 Å². The summed E-state index contributed by atoms with van der Waals surface area (Å²) in [5.74, 6) is 0.0431. The SMILES string of the molecule is C=CCN(C(C)=O)c1ccccc1C(C)(C)C. The van der Waals surface area contributed by atoms with Crippen molar-refractivity contribution >= 4 is 11.6 Å². The maximum absolute atomic E-state index is 11.7. The van der Waals surface area contributed by atoms with E-state index in [0.717, 1.165) is 5.69 Å². The van der Waals surface area contributed by atoms with Crippen LogP contribution in [0.25, 0.3) is 0 Å². The van der Waals surface area contributed by atoms with E-state index in [2.05, 4.69) is 33.4 Å². The lowest BCUT2D eigenvalue weighted by Crippen LogP contribution is -2.31. The minimum Gasteiger partial charge on any atom is -0.309 e. The van der Waals surface area contributed by atoms with Crippen LogP contribution in [0.15, 0.2) is 36.9 Å². The molecule has 0 saturated carbocycles. The van der Waals surface area contributed by atoms with Gasteiger partial charge < -0.3 is 4.90 Å². The summed E-state index contributed by atoms with van der Waals surface area (Å²) in [4.78, 5) is 13.4. The van der Waals surface area contributed by atoms with E-state index in [1.165, 1.54) is 5.56 Å². The molecule has 2 nitrogen and oxygen atoms in total. The molecule has 1 amide bonds. The summed E-state index contributed by atoms with van der Waals surface area (Å²) in [7, 11) is 0. The molecule has 0 aromatic heterocycles. The average Bonchev–Trinajstić information content (AvgIpc) is 2.24. The highest BCUT2D eigenvalue weighted by Gasteiger charge is 2.21. The van der Waals surface area contributed by atoms with Gasteiger partial charge in [0.1, 0.15) is 0 Å². The van der Waals surface area contributed by atoms with Gasteiger partial charge in [0, 0.05) is 19.2 Å². The van der Waals surface area contributed by atoms with Crippen molar-refractivity contribution in [3.8, 4) is 0 Å². The fourth-order valence-electron chi connectivity index (χ4n) is 1.87. The van der Waals surface area contributed by atoms with Gasteiger partial charge in [-0.2, -0.15) is 0 Å². The summed E-state index contributed by atoms with van der Waals surface area (Å²) in [6.45, 7) is 12.3. The van der Waals surface area contributed by atoms with Crippen molar-refractivity contribution in [3.63, 3.8) is 0 Å². The van der Waals surface area contributed by atoms with Gasteiger partial charge in [0.05, 0.1) is 0 Å². The maximum atomic E-state index is 11.7. The number of nitrogens with zero attached hydrogens (tertiary/aromatic N) is 1. The minimum absolute atomic E-state index is 0.0193. The second-order valence-corrected chi connectivity index (χ2v) is 5.19. The van der Waals surface area contributed by atoms with Crippen molar-refractivity contribution in [2.45, 2.75) is 33.1 Å². The molecule has 0 heterocycles. The van der Waals surface area contributed by atoms with E-state index in [1.807, 2.05) is 18.2 Å². The molecule has 92 valence electrons. The van der Waals surface area contributed by atoms with Gasteiger partial charge in [0.25, 0.3) is 0 Å². The second-order valence-electron chi connectivity index (χ2n) is 5.19. The Morgan fingerprint density at radius 3 is 2.41 bits per heavy atom. The average molecular weight is 231 g/mol. The van der Waals surface area contributed by atoms with Crippen LogP contribution in [0.2, 0.25) is 0 Å². The maximum Gasteiger partial charge on any atom is 0.224 e. The number of para-hydroxylation sites is 1. The number of hydrogen-bond acceptors (Lipinski definition) is 1. The van der Waals surface area contributed by atoms with Gasteiger partial charge in [-0.3, -0.25) is 4.79 Å². The molecular formula is C15H21NO. The van der Waals surface area contributed by atoms with Crippen LogP contribution in [-0.4, -0.2) is 12.5 Å². The predicted octanol–water partition coefficient (Wildman–Crippen LogP) is 3.52. The van der Waals surface area contributed by atoms with Crippen LogP contribution in [0.3, 0.4) is 0 Å². The number of carbonyl (C=O) groups is 1. The largest absolute Gasteiger partial charge is 0.309 e. The summed E-state index contributed by atoms with van der Waals surface area (Å²) in [5, 5.41) is 0. The van der Waals surface area contributed by atoms with Crippen LogP contribution < -0.4 is 4.90 Å². The van der Waals surface area contributed by atoms with E-state index in [9.17, 15) is 4.79 Å². The smallest absolute Gasteiger partial charge is 0.224 e. The Kier molecular flexibility index (Phi) is 4.11. The molecule has 1 aromatic carbocycles. The van der Waals surface area contributed by atoms with Gasteiger partial charge in [-0.15, -0.1) is 6.58 Å². The van der Waals surface area contributed by atoms with Crippen LogP contribution >= 0.6 is 0 Å². The molecule has 0 aliphatic carbocycles. The van der Waals surface area contributed by atoms with Crippen LogP contribution in [0.4, 0.5) is 5.69 Å². The molecule has 0 atom stereocenters. The number of carbonyl (C=O) groups excluding carboxylic acids is 1. The Labute approximate surface area is 104 Å². The number of hydrogen-bond donors (Lipinski definition) is 0. The third-order valence-corrected chi connectivity index (χ3v) is 2.69. The minimum atomic E-state index is 0.0193. The standard InChI is InChI=1S/C15H21NO/c1-6-11-16(12(2)17)14-10-8-7-9-13(14)15(3,4)5/h6-10H,1,11H2,2-5H3. The first-order valence-electron chi connectivity index (χ1n) is 5.86. The van der Waals surface area contributed by atoms with E-state index in [0.29, 0.717) is 6.54 Å². The van der Waals surface area contributed by atoms with Crippen molar-refractivity contribution in [2.24, 2.45) is 0 Å². The summed E-state index contributed by atoms with van der Waals surface area (Å²) in [6.07, 6.45) is 1.75. The fraction of sp³-hybridized carbons (Fsp3) is 0.400. The van der Waals surface area contributed by atoms with Crippen molar-refractivity contribution in [3.05, 3.63) is 42.5 Å². The summed E-state index contributed by atoms with van der Waals surface area (Å²) in [6, 6.07) is 8.04. The first-order chi connectivity index (χ1) is 7.88. The first-order valence-corrected chi connectivity index (χ1v) is 5.86. The van der Waals surface area contributed by atoms with Crippen LogP contribution in [-0.2, 0) is 10.2 Å². The van der Waals surface area contributed by atoms with Gasteiger partial charge in [-0.25, -0.2) is 0 Å². The molecule has 0 fully saturated rings. The molecule has 0 aliphatic rings. The highest BCUT2D eigenvalue weighted by Crippen LogP contribution is 2.31. The Balaban J connectivity index is 3.28. The van der Waals surface area contributed by atoms with E-state index in [-0.39, 0.29) is 11.3 Å². The number of rotatable bonds is 3. The summed E-state index contributed by atoms with van der Waals surface area (Å²) >= 11 is 0. The quantitative estimate of drug-likeness (QED) is 0.729. The zero-order chi connectivity index (χ0) is 13.1. The lowest BCUT2D eigenvalue weighted by molar-refractivity contribution is -0.116. The van der Waals surface area contributed by atoms with Gasteiger partial charge >= 0.3 is 0 Å². The Morgan fingerprint density at radius 1 is 1.35 bits per heavy atom. The molecule has 0 unspecified atom stereocenters. The molecular weight excluding hydrogens is 210 g/mol. The highest BCUT2D eigenvalue weighted by atomic mass is 16.2. The number of anilines is 1. The van der Waals surface area contributed by atoms with E-state index in [4.69, 9.17) is 0 Å². The van der Waals surface area contributed by atoms with Crippen LogP contribution in [0.5, 0.6) is 0 Å². The molecule has 0 saturated heterocycles. The Morgan fingerprint density at radius 2 is 1.94 bits per heavy atom. The van der Waals surface area contributed by atoms with Gasteiger partial charge in [0.2, 0.25) is 5.91 Å². The normalized spacial score (nSPS) is 11.1. The molecule has 1 aromatic rings. The van der Waals surface area contributed by atoms with E-state index < -0.39 is 0 Å². The lowest BCUT2D eigenvalue weighted by Gasteiger charge is -2.28. The summed E-state index contributed by atoms with van der Waals surface area (Å²) < 4.78 is 0. The second kappa shape index (κ2) is 5.17. The van der Waals surface area contributed by atoms with Crippen LogP contribution in [0, 0.1) is 0 Å². The molecule has 0 aliphatic heterocycles. The lowest BCUT2D eigenvalue weighted by atomic mass is 9.85. The molecule has 0 bridgehead atoms. The predicted molar refractivity (Wildman–Crippen MR) is 73.4 cm³/mol. The number of benzene rings is 1. The number of amides is 1. The van der Waals surface area contributed by atoms with Gasteiger partial charge in [-0.1, -0.05) is 45.0 Å². The first kappa shape index (κ1) is 13.5. The van der Waals surface area contributed by atoms with Crippen molar-refractivity contribution < 1.29 is 4.79 Å². The zero-order valence-corrected chi connectivity index (χ0v) is 11.2. The molecule has 0 spiro atoms. The van der Waals surface area contributed by atoms with Gasteiger partial charge in [-0.05, 0) is 17.0 Å². The molecule has 1 rings (SSSR count). The van der Waals surface area contributed by atoms with Crippen LogP contribution in [0.1, 0.15) is 33.3 Å². The van der Waals surface area contributed by atoms with Crippen molar-refractivity contribution in [2.75, 3.05) is 11.4 Å². The topological polar surface area (TPSA) is 20.3 Å². The monoisotopic (exact) mass is 231 g/mol. The summed E-state index contributed by atoms with van der Waals surface area (Å²) in [5.41, 5.74) is 2.18. The van der Waals surface area contributed by atoms with Crippen molar-refractivity contribution in [1.29, 1.82) is 0 Å². The molecule has 0 radical (unpaired) electrons. The third kappa shape index (κ3) is 3.19.